The van der Waals surface area contributed by atoms with E-state index in [2.05, 4.69) is 62.9 Å². The van der Waals surface area contributed by atoms with Crippen molar-refractivity contribution in [2.45, 2.75) is 20.8 Å². The van der Waals surface area contributed by atoms with Crippen molar-refractivity contribution >= 4 is 50.5 Å². The Labute approximate surface area is 194 Å². The fraction of sp³-hybridized carbons (Fsp3) is 0.167. The second-order valence-electron chi connectivity index (χ2n) is 7.05. The Bertz CT molecular complexity index is 1180. The molecule has 0 bridgehead atoms. The van der Waals surface area contributed by atoms with Crippen molar-refractivity contribution in [2.24, 2.45) is 4.99 Å². The summed E-state index contributed by atoms with van der Waals surface area (Å²) in [6.45, 7) is 6.70. The van der Waals surface area contributed by atoms with Crippen molar-refractivity contribution in [3.63, 3.8) is 0 Å². The third kappa shape index (κ3) is 4.78. The minimum absolute atomic E-state index is 0.136. The molecule has 2 aromatic carbocycles. The van der Waals surface area contributed by atoms with Gasteiger partial charge in [-0.1, -0.05) is 15.9 Å². The van der Waals surface area contributed by atoms with E-state index in [4.69, 9.17) is 4.74 Å². The minimum Gasteiger partial charge on any atom is -0.494 e. The lowest BCUT2D eigenvalue weighted by molar-refractivity contribution is -0.115. The number of halogens is 1. The van der Waals surface area contributed by atoms with Crippen molar-refractivity contribution in [3.8, 4) is 11.4 Å². The molecule has 1 aromatic heterocycles. The summed E-state index contributed by atoms with van der Waals surface area (Å²) >= 11 is 4.83. The zero-order chi connectivity index (χ0) is 22.0. The van der Waals surface area contributed by atoms with E-state index in [-0.39, 0.29) is 5.91 Å². The summed E-state index contributed by atoms with van der Waals surface area (Å²) in [6, 6.07) is 17.8. The SMILES string of the molecule is CCOc1ccc(N=C2NC(=O)/C(=C\c3cc(C)n(-c4ccc(Br)cc4)c3C)S2)cc1. The highest BCUT2D eigenvalue weighted by atomic mass is 79.9. The fourth-order valence-electron chi connectivity index (χ4n) is 3.44. The van der Waals surface area contributed by atoms with Crippen LogP contribution in [0.3, 0.4) is 0 Å². The fourth-order valence-corrected chi connectivity index (χ4v) is 4.54. The number of benzene rings is 2. The Hall–Kier alpha value is -2.77. The highest BCUT2D eigenvalue weighted by Crippen LogP contribution is 2.31. The number of thioether (sulfide) groups is 1. The van der Waals surface area contributed by atoms with E-state index in [9.17, 15) is 4.79 Å². The van der Waals surface area contributed by atoms with Gasteiger partial charge in [0, 0.05) is 21.5 Å². The Morgan fingerprint density at radius 3 is 2.52 bits per heavy atom. The van der Waals surface area contributed by atoms with Crippen LogP contribution in [0.5, 0.6) is 5.75 Å². The molecule has 1 N–H and O–H groups in total. The number of amides is 1. The molecule has 0 spiro atoms. The largest absolute Gasteiger partial charge is 0.494 e. The number of nitrogens with zero attached hydrogens (tertiary/aromatic N) is 2. The van der Waals surface area contributed by atoms with Gasteiger partial charge in [0.25, 0.3) is 5.91 Å². The van der Waals surface area contributed by atoms with Gasteiger partial charge in [0.1, 0.15) is 5.75 Å². The topological polar surface area (TPSA) is 55.6 Å². The van der Waals surface area contributed by atoms with Gasteiger partial charge in [0.15, 0.2) is 5.17 Å². The number of amidine groups is 1. The lowest BCUT2D eigenvalue weighted by Gasteiger charge is -2.09. The van der Waals surface area contributed by atoms with Crippen molar-refractivity contribution < 1.29 is 9.53 Å². The quantitative estimate of drug-likeness (QED) is 0.432. The third-order valence-corrected chi connectivity index (χ3v) is 6.31. The molecule has 0 atom stereocenters. The van der Waals surface area contributed by atoms with E-state index in [0.717, 1.165) is 38.5 Å². The van der Waals surface area contributed by atoms with Gasteiger partial charge < -0.3 is 14.6 Å². The monoisotopic (exact) mass is 495 g/mol. The number of aromatic nitrogens is 1. The Morgan fingerprint density at radius 2 is 1.84 bits per heavy atom. The number of aliphatic imine (C=N–C) groups is 1. The van der Waals surface area contributed by atoms with Crippen LogP contribution in [0, 0.1) is 13.8 Å². The summed E-state index contributed by atoms with van der Waals surface area (Å²) < 4.78 is 8.68. The molecule has 3 aromatic rings. The van der Waals surface area contributed by atoms with E-state index >= 15 is 0 Å². The van der Waals surface area contributed by atoms with E-state index in [1.807, 2.05) is 49.4 Å². The lowest BCUT2D eigenvalue weighted by atomic mass is 10.2. The van der Waals surface area contributed by atoms with Crippen LogP contribution in [0.2, 0.25) is 0 Å². The molecule has 31 heavy (non-hydrogen) atoms. The molecule has 158 valence electrons. The highest BCUT2D eigenvalue weighted by molar-refractivity contribution is 9.10. The molecule has 0 aliphatic carbocycles. The van der Waals surface area contributed by atoms with Crippen molar-refractivity contribution in [2.75, 3.05) is 6.61 Å². The Morgan fingerprint density at radius 1 is 1.13 bits per heavy atom. The smallest absolute Gasteiger partial charge is 0.264 e. The lowest BCUT2D eigenvalue weighted by Crippen LogP contribution is -2.19. The zero-order valence-corrected chi connectivity index (χ0v) is 19.9. The minimum atomic E-state index is -0.136. The summed E-state index contributed by atoms with van der Waals surface area (Å²) in [5.74, 6) is 0.666. The molecule has 1 fully saturated rings. The number of hydrogen-bond acceptors (Lipinski definition) is 4. The van der Waals surface area contributed by atoms with Crippen LogP contribution in [0.4, 0.5) is 5.69 Å². The maximum Gasteiger partial charge on any atom is 0.264 e. The molecule has 1 saturated heterocycles. The first-order valence-electron chi connectivity index (χ1n) is 9.92. The first kappa shape index (κ1) is 21.5. The van der Waals surface area contributed by atoms with Crippen LogP contribution in [0.25, 0.3) is 11.8 Å². The number of hydrogen-bond donors (Lipinski definition) is 1. The first-order chi connectivity index (χ1) is 14.9. The average molecular weight is 496 g/mol. The predicted molar refractivity (Wildman–Crippen MR) is 131 cm³/mol. The predicted octanol–water partition coefficient (Wildman–Crippen LogP) is 6.15. The summed E-state index contributed by atoms with van der Waals surface area (Å²) in [4.78, 5) is 17.7. The summed E-state index contributed by atoms with van der Waals surface area (Å²) in [6.07, 6.45) is 1.93. The van der Waals surface area contributed by atoms with Crippen LogP contribution in [0.1, 0.15) is 23.9 Å². The van der Waals surface area contributed by atoms with E-state index in [1.54, 1.807) is 0 Å². The summed E-state index contributed by atoms with van der Waals surface area (Å²) in [5.41, 5.74) is 5.06. The van der Waals surface area contributed by atoms with Crippen molar-refractivity contribution in [3.05, 3.63) is 80.9 Å². The molecular formula is C24H22BrN3O2S. The van der Waals surface area contributed by atoms with Crippen LogP contribution in [0.15, 0.2) is 69.0 Å². The van der Waals surface area contributed by atoms with Crippen LogP contribution in [-0.2, 0) is 4.79 Å². The Kier molecular flexibility index (Phi) is 6.34. The van der Waals surface area contributed by atoms with Gasteiger partial charge in [-0.25, -0.2) is 4.99 Å². The number of nitrogens with one attached hydrogen (secondary N) is 1. The van der Waals surface area contributed by atoms with Gasteiger partial charge >= 0.3 is 0 Å². The summed E-state index contributed by atoms with van der Waals surface area (Å²) in [7, 11) is 0. The average Bonchev–Trinajstić information content (AvgIpc) is 3.23. The van der Waals surface area contributed by atoms with Gasteiger partial charge in [0.2, 0.25) is 0 Å². The Balaban J connectivity index is 1.57. The third-order valence-electron chi connectivity index (χ3n) is 4.87. The summed E-state index contributed by atoms with van der Waals surface area (Å²) in [5, 5.41) is 3.43. The van der Waals surface area contributed by atoms with Gasteiger partial charge in [-0.05, 0) is 98.8 Å². The van der Waals surface area contributed by atoms with Gasteiger partial charge in [-0.15, -0.1) is 0 Å². The zero-order valence-electron chi connectivity index (χ0n) is 17.5. The van der Waals surface area contributed by atoms with Crippen molar-refractivity contribution in [1.82, 2.24) is 9.88 Å². The van der Waals surface area contributed by atoms with Crippen LogP contribution >= 0.6 is 27.7 Å². The van der Waals surface area contributed by atoms with Gasteiger partial charge in [-0.2, -0.15) is 0 Å². The molecule has 1 aliphatic heterocycles. The van der Waals surface area contributed by atoms with Crippen LogP contribution < -0.4 is 10.1 Å². The van der Waals surface area contributed by atoms with E-state index < -0.39 is 0 Å². The number of rotatable bonds is 5. The van der Waals surface area contributed by atoms with Crippen molar-refractivity contribution in [1.29, 1.82) is 0 Å². The molecule has 0 unspecified atom stereocenters. The number of carbonyl (C=O) groups excluding carboxylic acids is 1. The first-order valence-corrected chi connectivity index (χ1v) is 11.5. The number of carbonyl (C=O) groups is 1. The molecule has 0 saturated carbocycles. The molecular weight excluding hydrogens is 474 g/mol. The molecule has 4 rings (SSSR count). The molecule has 5 nitrogen and oxygen atoms in total. The highest BCUT2D eigenvalue weighted by Gasteiger charge is 2.24. The molecule has 1 aliphatic rings. The second kappa shape index (κ2) is 9.16. The molecule has 7 heteroatoms. The van der Waals surface area contributed by atoms with Crippen LogP contribution in [-0.4, -0.2) is 22.2 Å². The standard InChI is InChI=1S/C24H22BrN3O2S/c1-4-30-21-11-7-19(8-12-21)26-24-27-23(29)22(31-24)14-17-13-15(2)28(16(17)3)20-9-5-18(25)6-10-20/h5-14H,4H2,1-3H3,(H,26,27,29)/b22-14+. The molecule has 1 amide bonds. The number of ether oxygens (including phenoxy) is 1. The normalized spacial score (nSPS) is 16.2. The van der Waals surface area contributed by atoms with Gasteiger partial charge in [-0.3, -0.25) is 4.79 Å². The van der Waals surface area contributed by atoms with E-state index in [0.29, 0.717) is 16.7 Å². The second-order valence-corrected chi connectivity index (χ2v) is 8.99. The number of aryl methyl sites for hydroxylation is 1. The van der Waals surface area contributed by atoms with E-state index in [1.165, 1.54) is 11.8 Å². The van der Waals surface area contributed by atoms with Gasteiger partial charge in [0.05, 0.1) is 17.2 Å². The maximum atomic E-state index is 12.5. The maximum absolute atomic E-state index is 12.5. The molecule has 2 heterocycles. The molecule has 0 radical (unpaired) electrons.